The number of benzene rings is 2. The van der Waals surface area contributed by atoms with Gasteiger partial charge in [0.05, 0.1) is 19.9 Å². The molecular formula is C23H24ClN3O4. The Morgan fingerprint density at radius 3 is 2.58 bits per heavy atom. The van der Waals surface area contributed by atoms with E-state index >= 15 is 0 Å². The van der Waals surface area contributed by atoms with Crippen molar-refractivity contribution < 1.29 is 14.3 Å². The Labute approximate surface area is 185 Å². The molecule has 0 aliphatic heterocycles. The third-order valence-electron chi connectivity index (χ3n) is 4.79. The first-order chi connectivity index (χ1) is 14.9. The zero-order valence-electron chi connectivity index (χ0n) is 17.6. The summed E-state index contributed by atoms with van der Waals surface area (Å²) in [5.74, 6) is 1.04. The molecule has 1 N–H and O–H groups in total. The highest BCUT2D eigenvalue weighted by Gasteiger charge is 2.10. The van der Waals surface area contributed by atoms with Crippen LogP contribution in [0.25, 0.3) is 11.3 Å². The molecule has 162 valence electrons. The van der Waals surface area contributed by atoms with E-state index in [1.54, 1.807) is 44.6 Å². The number of aryl methyl sites for hydroxylation is 2. The number of halogens is 1. The zero-order chi connectivity index (χ0) is 22.4. The summed E-state index contributed by atoms with van der Waals surface area (Å²) in [5.41, 5.74) is 2.80. The predicted octanol–water partition coefficient (Wildman–Crippen LogP) is 4.31. The Hall–Kier alpha value is -3.32. The minimum atomic E-state index is -0.227. The predicted molar refractivity (Wildman–Crippen MR) is 121 cm³/mol. The quantitative estimate of drug-likeness (QED) is 0.563. The molecule has 3 aromatic rings. The third-order valence-corrected chi connectivity index (χ3v) is 5.03. The van der Waals surface area contributed by atoms with E-state index in [1.807, 2.05) is 19.1 Å². The molecule has 0 bridgehead atoms. The molecule has 0 atom stereocenters. The summed E-state index contributed by atoms with van der Waals surface area (Å²) >= 11 is 5.99. The van der Waals surface area contributed by atoms with Gasteiger partial charge in [-0.1, -0.05) is 17.7 Å². The van der Waals surface area contributed by atoms with Crippen LogP contribution in [0.1, 0.15) is 18.4 Å². The van der Waals surface area contributed by atoms with Crippen molar-refractivity contribution in [2.24, 2.45) is 0 Å². The number of rotatable bonds is 8. The lowest BCUT2D eigenvalue weighted by Gasteiger charge is -2.11. The Balaban J connectivity index is 1.67. The van der Waals surface area contributed by atoms with Gasteiger partial charge in [-0.15, -0.1) is 0 Å². The molecule has 1 aromatic heterocycles. The van der Waals surface area contributed by atoms with Gasteiger partial charge < -0.3 is 14.8 Å². The Morgan fingerprint density at radius 2 is 1.84 bits per heavy atom. The van der Waals surface area contributed by atoms with Crippen molar-refractivity contribution in [1.29, 1.82) is 0 Å². The van der Waals surface area contributed by atoms with E-state index in [2.05, 4.69) is 10.4 Å². The second-order valence-corrected chi connectivity index (χ2v) is 7.40. The highest BCUT2D eigenvalue weighted by atomic mass is 35.5. The van der Waals surface area contributed by atoms with E-state index in [9.17, 15) is 9.59 Å². The van der Waals surface area contributed by atoms with Gasteiger partial charge in [0.25, 0.3) is 5.56 Å². The first kappa shape index (κ1) is 22.4. The van der Waals surface area contributed by atoms with Crippen LogP contribution in [-0.4, -0.2) is 29.9 Å². The lowest BCUT2D eigenvalue weighted by Crippen LogP contribution is -2.23. The van der Waals surface area contributed by atoms with Crippen molar-refractivity contribution in [1.82, 2.24) is 9.78 Å². The van der Waals surface area contributed by atoms with E-state index in [1.165, 1.54) is 10.7 Å². The number of nitrogens with one attached hydrogen (secondary N) is 1. The SMILES string of the molecule is COc1ccc(-c2ccc(=O)n(CCCC(=O)Nc3cc(Cl)ccc3C)n2)cc1OC. The maximum atomic E-state index is 12.3. The van der Waals surface area contributed by atoms with Crippen molar-refractivity contribution in [2.75, 3.05) is 19.5 Å². The van der Waals surface area contributed by atoms with Crippen molar-refractivity contribution >= 4 is 23.2 Å². The van der Waals surface area contributed by atoms with Crippen LogP contribution in [0.5, 0.6) is 11.5 Å². The van der Waals surface area contributed by atoms with Gasteiger partial charge in [0.1, 0.15) is 0 Å². The molecule has 0 aliphatic carbocycles. The largest absolute Gasteiger partial charge is 0.493 e. The summed E-state index contributed by atoms with van der Waals surface area (Å²) in [6.45, 7) is 2.22. The van der Waals surface area contributed by atoms with Crippen LogP contribution < -0.4 is 20.3 Å². The first-order valence-electron chi connectivity index (χ1n) is 9.78. The normalized spacial score (nSPS) is 10.6. The molecule has 0 fully saturated rings. The molecule has 7 nitrogen and oxygen atoms in total. The van der Waals surface area contributed by atoms with Crippen LogP contribution in [-0.2, 0) is 11.3 Å². The number of ether oxygens (including phenoxy) is 2. The fourth-order valence-electron chi connectivity index (χ4n) is 3.09. The molecule has 0 saturated heterocycles. The molecule has 31 heavy (non-hydrogen) atoms. The monoisotopic (exact) mass is 441 g/mol. The molecule has 1 amide bonds. The van der Waals surface area contributed by atoms with Gasteiger partial charge in [-0.3, -0.25) is 9.59 Å². The summed E-state index contributed by atoms with van der Waals surface area (Å²) in [6, 6.07) is 13.9. The molecule has 0 saturated carbocycles. The van der Waals surface area contributed by atoms with Gasteiger partial charge in [-0.05, 0) is 55.3 Å². The number of nitrogens with zero attached hydrogens (tertiary/aromatic N) is 2. The molecule has 0 spiro atoms. The van der Waals surface area contributed by atoms with Gasteiger partial charge in [0.15, 0.2) is 11.5 Å². The Bertz CT molecular complexity index is 1140. The van der Waals surface area contributed by atoms with Crippen molar-refractivity contribution in [3.05, 3.63) is 69.5 Å². The second kappa shape index (κ2) is 10.1. The standard InChI is InChI=1S/C23H24ClN3O4/c1-15-6-8-17(24)14-19(15)25-22(28)5-4-12-27-23(29)11-9-18(26-27)16-7-10-20(30-2)21(13-16)31-3/h6-11,13-14H,4-5,12H2,1-3H3,(H,25,28). The number of hydrogen-bond acceptors (Lipinski definition) is 5. The summed E-state index contributed by atoms with van der Waals surface area (Å²) < 4.78 is 12.0. The molecule has 1 heterocycles. The summed E-state index contributed by atoms with van der Waals surface area (Å²) in [5, 5.41) is 7.85. The number of methoxy groups -OCH3 is 2. The number of carbonyl (C=O) groups is 1. The minimum absolute atomic E-state index is 0.144. The van der Waals surface area contributed by atoms with Crippen LogP contribution in [0.3, 0.4) is 0 Å². The molecule has 2 aromatic carbocycles. The maximum absolute atomic E-state index is 12.3. The van der Waals surface area contributed by atoms with Gasteiger partial charge in [0.2, 0.25) is 5.91 Å². The second-order valence-electron chi connectivity index (χ2n) is 6.96. The van der Waals surface area contributed by atoms with E-state index in [-0.39, 0.29) is 17.9 Å². The summed E-state index contributed by atoms with van der Waals surface area (Å²) in [4.78, 5) is 24.5. The van der Waals surface area contributed by atoms with Gasteiger partial charge in [0, 0.05) is 35.3 Å². The lowest BCUT2D eigenvalue weighted by molar-refractivity contribution is -0.116. The van der Waals surface area contributed by atoms with Gasteiger partial charge in [-0.2, -0.15) is 5.10 Å². The number of aromatic nitrogens is 2. The Morgan fingerprint density at radius 1 is 1.06 bits per heavy atom. The number of amides is 1. The molecule has 0 aliphatic rings. The van der Waals surface area contributed by atoms with Crippen LogP contribution in [0.2, 0.25) is 5.02 Å². The maximum Gasteiger partial charge on any atom is 0.266 e. The molecule has 8 heteroatoms. The van der Waals surface area contributed by atoms with E-state index in [4.69, 9.17) is 21.1 Å². The smallest absolute Gasteiger partial charge is 0.266 e. The lowest BCUT2D eigenvalue weighted by atomic mass is 10.1. The van der Waals surface area contributed by atoms with E-state index < -0.39 is 0 Å². The molecule has 3 rings (SSSR count). The minimum Gasteiger partial charge on any atom is -0.493 e. The van der Waals surface area contributed by atoms with Crippen molar-refractivity contribution in [3.8, 4) is 22.8 Å². The average molecular weight is 442 g/mol. The highest BCUT2D eigenvalue weighted by molar-refractivity contribution is 6.31. The zero-order valence-corrected chi connectivity index (χ0v) is 18.4. The van der Waals surface area contributed by atoms with E-state index in [0.717, 1.165) is 11.1 Å². The molecule has 0 unspecified atom stereocenters. The topological polar surface area (TPSA) is 82.5 Å². The number of carbonyl (C=O) groups excluding carboxylic acids is 1. The van der Waals surface area contributed by atoms with Crippen LogP contribution in [0.15, 0.2) is 53.3 Å². The van der Waals surface area contributed by atoms with Crippen molar-refractivity contribution in [3.63, 3.8) is 0 Å². The summed E-state index contributed by atoms with van der Waals surface area (Å²) in [7, 11) is 3.13. The van der Waals surface area contributed by atoms with Crippen LogP contribution >= 0.6 is 11.6 Å². The highest BCUT2D eigenvalue weighted by Crippen LogP contribution is 2.31. The fraction of sp³-hybridized carbons (Fsp3) is 0.261. The van der Waals surface area contributed by atoms with Crippen molar-refractivity contribution in [2.45, 2.75) is 26.3 Å². The Kier molecular flexibility index (Phi) is 7.31. The molecule has 0 radical (unpaired) electrons. The van der Waals surface area contributed by atoms with Gasteiger partial charge in [-0.25, -0.2) is 4.68 Å². The third kappa shape index (κ3) is 5.64. The number of anilines is 1. The first-order valence-corrected chi connectivity index (χ1v) is 10.2. The molecular weight excluding hydrogens is 418 g/mol. The summed E-state index contributed by atoms with van der Waals surface area (Å²) in [6.07, 6.45) is 0.717. The van der Waals surface area contributed by atoms with Crippen LogP contribution in [0.4, 0.5) is 5.69 Å². The number of hydrogen-bond donors (Lipinski definition) is 1. The average Bonchev–Trinajstić information content (AvgIpc) is 2.77. The van der Waals surface area contributed by atoms with Crippen LogP contribution in [0, 0.1) is 6.92 Å². The fourth-order valence-corrected chi connectivity index (χ4v) is 3.26. The van der Waals surface area contributed by atoms with Gasteiger partial charge >= 0.3 is 0 Å². The van der Waals surface area contributed by atoms with E-state index in [0.29, 0.717) is 40.9 Å².